The first-order chi connectivity index (χ1) is 8.55. The Morgan fingerprint density at radius 3 is 2.78 bits per heavy atom. The third-order valence-corrected chi connectivity index (χ3v) is 5.41. The third kappa shape index (κ3) is 2.86. The molecule has 1 saturated heterocycles. The highest BCUT2D eigenvalue weighted by Crippen LogP contribution is 2.41. The van der Waals surface area contributed by atoms with Gasteiger partial charge in [-0.15, -0.1) is 0 Å². The van der Waals surface area contributed by atoms with Gasteiger partial charge in [-0.1, -0.05) is 6.07 Å². The summed E-state index contributed by atoms with van der Waals surface area (Å²) in [5.74, 6) is 0.209. The highest BCUT2D eigenvalue weighted by atomic mass is 32.2. The first-order valence-electron chi connectivity index (χ1n) is 6.30. The highest BCUT2D eigenvalue weighted by Gasteiger charge is 2.37. The molecule has 2 atom stereocenters. The molecule has 1 aliphatic rings. The second-order valence-corrected chi connectivity index (χ2v) is 6.68. The predicted molar refractivity (Wildman–Crippen MR) is 73.0 cm³/mol. The molecule has 0 saturated carbocycles. The summed E-state index contributed by atoms with van der Waals surface area (Å²) in [6.07, 6.45) is 2.96. The van der Waals surface area contributed by atoms with Crippen LogP contribution in [0, 0.1) is 11.6 Å². The van der Waals surface area contributed by atoms with Crippen molar-refractivity contribution in [3.8, 4) is 0 Å². The van der Waals surface area contributed by atoms with Crippen LogP contribution in [0.2, 0.25) is 0 Å². The summed E-state index contributed by atoms with van der Waals surface area (Å²) in [6, 6.07) is 4.06. The average Bonchev–Trinajstić information content (AvgIpc) is 2.76. The van der Waals surface area contributed by atoms with E-state index < -0.39 is 11.6 Å². The van der Waals surface area contributed by atoms with Gasteiger partial charge in [0.05, 0.1) is 0 Å². The van der Waals surface area contributed by atoms with Crippen LogP contribution < -0.4 is 5.32 Å². The molecule has 0 spiro atoms. The number of rotatable bonds is 4. The molecule has 0 bridgehead atoms. The molecule has 4 heteroatoms. The summed E-state index contributed by atoms with van der Waals surface area (Å²) in [4.78, 5) is 0. The smallest absolute Gasteiger partial charge is 0.129 e. The zero-order valence-electron chi connectivity index (χ0n) is 10.8. The molecular weight excluding hydrogens is 252 g/mol. The average molecular weight is 271 g/mol. The van der Waals surface area contributed by atoms with Crippen molar-refractivity contribution in [2.45, 2.75) is 37.0 Å². The maximum Gasteiger partial charge on any atom is 0.129 e. The van der Waals surface area contributed by atoms with Gasteiger partial charge in [0.25, 0.3) is 0 Å². The van der Waals surface area contributed by atoms with Crippen LogP contribution in [-0.2, 0) is 6.42 Å². The van der Waals surface area contributed by atoms with E-state index in [-0.39, 0.29) is 10.8 Å². The molecular formula is C14H19F2NS. The molecule has 2 rings (SSSR count). The van der Waals surface area contributed by atoms with Crippen molar-refractivity contribution in [2.24, 2.45) is 0 Å². The fraction of sp³-hybridized carbons (Fsp3) is 0.571. The number of thioether (sulfide) groups is 1. The Morgan fingerprint density at radius 2 is 2.22 bits per heavy atom. The molecule has 0 amide bonds. The Balaban J connectivity index is 2.15. The molecule has 0 aromatic heterocycles. The Kier molecular flexibility index (Phi) is 4.28. The van der Waals surface area contributed by atoms with Gasteiger partial charge in [-0.05, 0) is 50.6 Å². The monoisotopic (exact) mass is 271 g/mol. The number of likely N-dealkylation sites (N-methyl/N-ethyl adjacent to an activating group) is 1. The fourth-order valence-corrected chi connectivity index (χ4v) is 4.05. The lowest BCUT2D eigenvalue weighted by molar-refractivity contribution is 0.417. The van der Waals surface area contributed by atoms with Gasteiger partial charge in [0, 0.05) is 16.9 Å². The normalized spacial score (nSPS) is 25.3. The van der Waals surface area contributed by atoms with E-state index in [0.29, 0.717) is 12.0 Å². The topological polar surface area (TPSA) is 12.0 Å². The zero-order chi connectivity index (χ0) is 13.2. The van der Waals surface area contributed by atoms with Gasteiger partial charge < -0.3 is 5.32 Å². The van der Waals surface area contributed by atoms with Crippen molar-refractivity contribution in [1.29, 1.82) is 0 Å². The largest absolute Gasteiger partial charge is 0.315 e. The Labute approximate surface area is 111 Å². The number of nitrogens with one attached hydrogen (secondary N) is 1. The lowest BCUT2D eigenvalue weighted by Crippen LogP contribution is -2.45. The van der Waals surface area contributed by atoms with Crippen LogP contribution in [0.5, 0.6) is 0 Å². The first kappa shape index (κ1) is 13.8. The van der Waals surface area contributed by atoms with Crippen LogP contribution >= 0.6 is 11.8 Å². The molecule has 1 fully saturated rings. The minimum Gasteiger partial charge on any atom is -0.315 e. The van der Waals surface area contributed by atoms with Crippen molar-refractivity contribution < 1.29 is 8.78 Å². The second kappa shape index (κ2) is 5.57. The van der Waals surface area contributed by atoms with Crippen molar-refractivity contribution in [3.63, 3.8) is 0 Å². The standard InChI is InChI=1S/C14H19F2NS/c1-14(6-3-7-18-14)13(17-2)8-10-4-5-11(15)9-12(10)16/h4-5,9,13,17H,3,6-8H2,1-2H3. The quantitative estimate of drug-likeness (QED) is 0.901. The predicted octanol–water partition coefficient (Wildman–Crippen LogP) is 3.38. The van der Waals surface area contributed by atoms with Gasteiger partial charge in [0.1, 0.15) is 11.6 Å². The van der Waals surface area contributed by atoms with Crippen molar-refractivity contribution in [1.82, 2.24) is 5.32 Å². The first-order valence-corrected chi connectivity index (χ1v) is 7.29. The maximum atomic E-state index is 13.7. The maximum absolute atomic E-state index is 13.7. The summed E-state index contributed by atoms with van der Waals surface area (Å²) in [5.41, 5.74) is 0.587. The van der Waals surface area contributed by atoms with Crippen LogP contribution in [0.25, 0.3) is 0 Å². The van der Waals surface area contributed by atoms with E-state index in [2.05, 4.69) is 12.2 Å². The number of hydrogen-bond acceptors (Lipinski definition) is 2. The van der Waals surface area contributed by atoms with Gasteiger partial charge in [0.2, 0.25) is 0 Å². The summed E-state index contributed by atoms with van der Waals surface area (Å²) in [5, 5.41) is 3.29. The molecule has 0 radical (unpaired) electrons. The molecule has 2 unspecified atom stereocenters. The van der Waals surface area contributed by atoms with E-state index >= 15 is 0 Å². The SMILES string of the molecule is CNC(Cc1ccc(F)cc1F)C1(C)CCCS1. The van der Waals surface area contributed by atoms with Crippen LogP contribution in [0.4, 0.5) is 8.78 Å². The minimum absolute atomic E-state index is 0.148. The molecule has 1 aromatic carbocycles. The van der Waals surface area contributed by atoms with Crippen LogP contribution in [0.3, 0.4) is 0 Å². The fourth-order valence-electron chi connectivity index (χ4n) is 2.61. The van der Waals surface area contributed by atoms with E-state index in [1.165, 1.54) is 18.2 Å². The van der Waals surface area contributed by atoms with Crippen molar-refractivity contribution in [3.05, 3.63) is 35.4 Å². The van der Waals surface area contributed by atoms with E-state index in [0.717, 1.165) is 12.5 Å². The van der Waals surface area contributed by atoms with Crippen molar-refractivity contribution in [2.75, 3.05) is 12.8 Å². The molecule has 1 aromatic rings. The van der Waals surface area contributed by atoms with Gasteiger partial charge in [-0.25, -0.2) is 8.78 Å². The third-order valence-electron chi connectivity index (χ3n) is 3.77. The molecule has 100 valence electrons. The lowest BCUT2D eigenvalue weighted by atomic mass is 9.91. The summed E-state index contributed by atoms with van der Waals surface area (Å²) in [7, 11) is 1.91. The molecule has 18 heavy (non-hydrogen) atoms. The Hall–Kier alpha value is -0.610. The number of halogens is 2. The summed E-state index contributed by atoms with van der Waals surface area (Å²) < 4.78 is 26.7. The molecule has 1 N–H and O–H groups in total. The van der Waals surface area contributed by atoms with Crippen LogP contribution in [0.1, 0.15) is 25.3 Å². The molecule has 1 aliphatic heterocycles. The van der Waals surface area contributed by atoms with E-state index in [1.807, 2.05) is 18.8 Å². The van der Waals surface area contributed by atoms with E-state index in [4.69, 9.17) is 0 Å². The summed E-state index contributed by atoms with van der Waals surface area (Å²) in [6.45, 7) is 2.23. The minimum atomic E-state index is -0.515. The lowest BCUT2D eigenvalue weighted by Gasteiger charge is -2.33. The van der Waals surface area contributed by atoms with Crippen LogP contribution in [0.15, 0.2) is 18.2 Å². The van der Waals surface area contributed by atoms with E-state index in [9.17, 15) is 8.78 Å². The molecule has 1 nitrogen and oxygen atoms in total. The van der Waals surface area contributed by atoms with Crippen LogP contribution in [-0.4, -0.2) is 23.6 Å². The Morgan fingerprint density at radius 1 is 1.44 bits per heavy atom. The summed E-state index contributed by atoms with van der Waals surface area (Å²) >= 11 is 1.95. The highest BCUT2D eigenvalue weighted by molar-refractivity contribution is 8.00. The van der Waals surface area contributed by atoms with E-state index in [1.54, 1.807) is 6.07 Å². The van der Waals surface area contributed by atoms with Crippen molar-refractivity contribution >= 4 is 11.8 Å². The van der Waals surface area contributed by atoms with Gasteiger partial charge in [-0.3, -0.25) is 0 Å². The number of benzene rings is 1. The molecule has 1 heterocycles. The zero-order valence-corrected chi connectivity index (χ0v) is 11.6. The number of hydrogen-bond donors (Lipinski definition) is 1. The second-order valence-electron chi connectivity index (χ2n) is 5.05. The van der Waals surface area contributed by atoms with Gasteiger partial charge >= 0.3 is 0 Å². The van der Waals surface area contributed by atoms with Gasteiger partial charge in [-0.2, -0.15) is 11.8 Å². The van der Waals surface area contributed by atoms with Gasteiger partial charge in [0.15, 0.2) is 0 Å². The Bertz CT molecular complexity index is 416. The molecule has 0 aliphatic carbocycles.